The normalized spacial score (nSPS) is 29.8. The van der Waals surface area contributed by atoms with Crippen LogP contribution in [-0.2, 0) is 9.59 Å². The van der Waals surface area contributed by atoms with Crippen molar-refractivity contribution in [2.45, 2.75) is 102 Å². The summed E-state index contributed by atoms with van der Waals surface area (Å²) in [6, 6.07) is 0.279. The van der Waals surface area contributed by atoms with Crippen LogP contribution in [0.5, 0.6) is 0 Å². The van der Waals surface area contributed by atoms with Crippen molar-refractivity contribution in [3.8, 4) is 0 Å². The van der Waals surface area contributed by atoms with E-state index in [9.17, 15) is 9.59 Å². The molecule has 0 spiro atoms. The van der Waals surface area contributed by atoms with Crippen LogP contribution in [-0.4, -0.2) is 23.9 Å². The Balaban J connectivity index is 1.52. The summed E-state index contributed by atoms with van der Waals surface area (Å²) in [5.41, 5.74) is 0. The Morgan fingerprint density at radius 2 is 0.833 bits per heavy atom. The highest BCUT2D eigenvalue weighted by Gasteiger charge is 2.32. The molecule has 3 aliphatic rings. The molecule has 2 amide bonds. The van der Waals surface area contributed by atoms with E-state index < -0.39 is 0 Å². The number of hydrogen-bond donors (Lipinski definition) is 2. The van der Waals surface area contributed by atoms with Gasteiger partial charge in [-0.25, -0.2) is 0 Å². The minimum absolute atomic E-state index is 0.140. The van der Waals surface area contributed by atoms with Crippen molar-refractivity contribution in [2.75, 3.05) is 0 Å². The summed E-state index contributed by atoms with van der Waals surface area (Å²) >= 11 is 0. The Bertz CT molecular complexity index is 385. The molecule has 0 aliphatic heterocycles. The smallest absolute Gasteiger partial charge is 0.223 e. The van der Waals surface area contributed by atoms with E-state index in [1.54, 1.807) is 0 Å². The van der Waals surface area contributed by atoms with Crippen LogP contribution in [0.15, 0.2) is 0 Å². The van der Waals surface area contributed by atoms with Gasteiger partial charge in [0.2, 0.25) is 11.8 Å². The zero-order valence-electron chi connectivity index (χ0n) is 15.0. The summed E-state index contributed by atoms with van der Waals surface area (Å²) in [5, 5.41) is 6.59. The molecule has 0 aromatic rings. The van der Waals surface area contributed by atoms with Gasteiger partial charge in [0.15, 0.2) is 0 Å². The van der Waals surface area contributed by atoms with E-state index in [-0.39, 0.29) is 35.7 Å². The molecule has 2 N–H and O–H groups in total. The summed E-state index contributed by atoms with van der Waals surface area (Å²) in [6.07, 6.45) is 15.8. The minimum atomic E-state index is 0.140. The zero-order valence-corrected chi connectivity index (χ0v) is 15.0. The second-order valence-corrected chi connectivity index (χ2v) is 8.18. The van der Waals surface area contributed by atoms with Crippen molar-refractivity contribution < 1.29 is 9.59 Å². The molecule has 3 fully saturated rings. The number of hydrogen-bond acceptors (Lipinski definition) is 2. The molecule has 24 heavy (non-hydrogen) atoms. The van der Waals surface area contributed by atoms with Crippen molar-refractivity contribution >= 4 is 11.8 Å². The van der Waals surface area contributed by atoms with Crippen LogP contribution >= 0.6 is 0 Å². The Morgan fingerprint density at radius 3 is 1.21 bits per heavy atom. The van der Waals surface area contributed by atoms with Crippen LogP contribution in [0, 0.1) is 11.8 Å². The molecule has 0 saturated heterocycles. The molecule has 4 nitrogen and oxygen atoms in total. The predicted octanol–water partition coefficient (Wildman–Crippen LogP) is 3.69. The van der Waals surface area contributed by atoms with Gasteiger partial charge >= 0.3 is 0 Å². The zero-order chi connectivity index (χ0) is 16.8. The molecule has 136 valence electrons. The molecule has 0 heterocycles. The van der Waals surface area contributed by atoms with Gasteiger partial charge < -0.3 is 10.6 Å². The number of rotatable bonds is 4. The van der Waals surface area contributed by atoms with Gasteiger partial charge in [-0.15, -0.1) is 0 Å². The number of carbonyl (C=O) groups excluding carboxylic acids is 2. The van der Waals surface area contributed by atoms with E-state index in [2.05, 4.69) is 10.6 Å². The number of amides is 2. The monoisotopic (exact) mass is 334 g/mol. The molecular formula is C20H34N2O2. The predicted molar refractivity (Wildman–Crippen MR) is 95.5 cm³/mol. The topological polar surface area (TPSA) is 58.2 Å². The Morgan fingerprint density at radius 1 is 0.500 bits per heavy atom. The molecule has 0 aromatic heterocycles. The first kappa shape index (κ1) is 17.8. The lowest BCUT2D eigenvalue weighted by molar-refractivity contribution is -0.129. The first-order chi connectivity index (χ1) is 11.7. The molecule has 0 radical (unpaired) electrons. The van der Waals surface area contributed by atoms with Gasteiger partial charge in [0.1, 0.15) is 0 Å². The van der Waals surface area contributed by atoms with Crippen molar-refractivity contribution in [1.29, 1.82) is 0 Å². The summed E-state index contributed by atoms with van der Waals surface area (Å²) in [7, 11) is 0. The first-order valence-corrected chi connectivity index (χ1v) is 10.3. The lowest BCUT2D eigenvalue weighted by atomic mass is 9.85. The van der Waals surface area contributed by atoms with Crippen LogP contribution in [0.3, 0.4) is 0 Å². The Hall–Kier alpha value is -1.06. The molecule has 0 aromatic carbocycles. The van der Waals surface area contributed by atoms with Gasteiger partial charge in [0.05, 0.1) is 0 Å². The van der Waals surface area contributed by atoms with Gasteiger partial charge in [0, 0.05) is 23.9 Å². The quantitative estimate of drug-likeness (QED) is 0.824. The van der Waals surface area contributed by atoms with E-state index in [4.69, 9.17) is 0 Å². The fraction of sp³-hybridized carbons (Fsp3) is 0.900. The largest absolute Gasteiger partial charge is 0.351 e. The third-order valence-electron chi connectivity index (χ3n) is 6.37. The third kappa shape index (κ3) is 4.73. The lowest BCUT2D eigenvalue weighted by Gasteiger charge is -2.35. The van der Waals surface area contributed by atoms with Crippen LogP contribution in [0.25, 0.3) is 0 Å². The van der Waals surface area contributed by atoms with Crippen LogP contribution in [0.4, 0.5) is 0 Å². The highest BCUT2D eigenvalue weighted by Crippen LogP contribution is 2.27. The maximum atomic E-state index is 12.6. The van der Waals surface area contributed by atoms with Crippen LogP contribution in [0.2, 0.25) is 0 Å². The van der Waals surface area contributed by atoms with Gasteiger partial charge in [0.25, 0.3) is 0 Å². The summed E-state index contributed by atoms with van der Waals surface area (Å²) in [4.78, 5) is 25.2. The molecule has 3 saturated carbocycles. The highest BCUT2D eigenvalue weighted by molar-refractivity contribution is 5.80. The maximum Gasteiger partial charge on any atom is 0.223 e. The molecule has 0 bridgehead atoms. The van der Waals surface area contributed by atoms with Gasteiger partial charge in [-0.2, -0.15) is 0 Å². The lowest BCUT2D eigenvalue weighted by Crippen LogP contribution is -2.55. The molecule has 3 rings (SSSR count). The van der Waals surface area contributed by atoms with E-state index in [1.165, 1.54) is 38.5 Å². The SMILES string of the molecule is O=C(N[C@H]1CCCC[C@@H]1NC(=O)C1CCCCC1)C1CCCCC1. The first-order valence-electron chi connectivity index (χ1n) is 10.3. The van der Waals surface area contributed by atoms with E-state index in [0.717, 1.165) is 51.4 Å². The van der Waals surface area contributed by atoms with Crippen LogP contribution < -0.4 is 10.6 Å². The van der Waals surface area contributed by atoms with E-state index in [0.29, 0.717) is 0 Å². The third-order valence-corrected chi connectivity index (χ3v) is 6.37. The van der Waals surface area contributed by atoms with E-state index in [1.807, 2.05) is 0 Å². The standard InChI is InChI=1S/C20H34N2O2/c23-19(15-9-3-1-4-10-15)21-17-13-7-8-14-18(17)22-20(24)16-11-5-2-6-12-16/h15-18H,1-14H2,(H,21,23)(H,22,24)/t17-,18-/m0/s1. The minimum Gasteiger partial charge on any atom is -0.351 e. The van der Waals surface area contributed by atoms with Gasteiger partial charge in [-0.3, -0.25) is 9.59 Å². The van der Waals surface area contributed by atoms with Crippen molar-refractivity contribution in [3.05, 3.63) is 0 Å². The second kappa shape index (κ2) is 8.87. The second-order valence-electron chi connectivity index (χ2n) is 8.18. The van der Waals surface area contributed by atoms with Crippen molar-refractivity contribution in [1.82, 2.24) is 10.6 Å². The Kier molecular flexibility index (Phi) is 6.56. The average molecular weight is 335 g/mol. The van der Waals surface area contributed by atoms with Crippen LogP contribution in [0.1, 0.15) is 89.9 Å². The molecule has 0 unspecified atom stereocenters. The highest BCUT2D eigenvalue weighted by atomic mass is 16.2. The summed E-state index contributed by atoms with van der Waals surface area (Å²) in [5.74, 6) is 0.878. The summed E-state index contributed by atoms with van der Waals surface area (Å²) in [6.45, 7) is 0. The molecule has 3 aliphatic carbocycles. The fourth-order valence-corrected chi connectivity index (χ4v) is 4.81. The average Bonchev–Trinajstić information content (AvgIpc) is 2.64. The summed E-state index contributed by atoms with van der Waals surface area (Å²) < 4.78 is 0. The van der Waals surface area contributed by atoms with Crippen molar-refractivity contribution in [3.63, 3.8) is 0 Å². The van der Waals surface area contributed by atoms with Crippen molar-refractivity contribution in [2.24, 2.45) is 11.8 Å². The molecular weight excluding hydrogens is 300 g/mol. The van der Waals surface area contributed by atoms with E-state index >= 15 is 0 Å². The number of carbonyl (C=O) groups is 2. The number of nitrogens with one attached hydrogen (secondary N) is 2. The fourth-order valence-electron chi connectivity index (χ4n) is 4.81. The Labute approximate surface area is 146 Å². The molecule has 4 heteroatoms. The maximum absolute atomic E-state index is 12.6. The van der Waals surface area contributed by atoms with Gasteiger partial charge in [-0.05, 0) is 38.5 Å². The molecule has 2 atom stereocenters. The van der Waals surface area contributed by atoms with Gasteiger partial charge in [-0.1, -0.05) is 51.4 Å².